The van der Waals surface area contributed by atoms with Gasteiger partial charge in [-0.2, -0.15) is 0 Å². The fourth-order valence-corrected chi connectivity index (χ4v) is 0.922. The molecule has 2 heteroatoms. The Balaban J connectivity index is 3.94. The molecule has 0 rings (SSSR count). The number of hydrogen-bond donors (Lipinski definition) is 1. The number of nitrogens with one attached hydrogen (secondary N) is 1. The summed E-state index contributed by atoms with van der Waals surface area (Å²) in [6, 6.07) is 0.123. The van der Waals surface area contributed by atoms with E-state index in [1.807, 2.05) is 0 Å². The average molecular weight is 155 g/mol. The SMILES string of the molecule is C=C[C@@H](NC(C)=O)C(C)CC. The molecule has 0 radical (unpaired) electrons. The number of hydrogen-bond acceptors (Lipinski definition) is 1. The Bertz CT molecular complexity index is 142. The van der Waals surface area contributed by atoms with Crippen molar-refractivity contribution in [3.05, 3.63) is 12.7 Å². The first-order chi connectivity index (χ1) is 5.11. The molecule has 1 N–H and O–H groups in total. The van der Waals surface area contributed by atoms with Crippen molar-refractivity contribution in [2.45, 2.75) is 33.2 Å². The molecule has 0 saturated heterocycles. The summed E-state index contributed by atoms with van der Waals surface area (Å²) in [4.78, 5) is 10.7. The predicted molar refractivity (Wildman–Crippen MR) is 47.3 cm³/mol. The summed E-state index contributed by atoms with van der Waals surface area (Å²) < 4.78 is 0. The minimum Gasteiger partial charge on any atom is -0.350 e. The summed E-state index contributed by atoms with van der Waals surface area (Å²) in [6.45, 7) is 9.39. The molecule has 1 unspecified atom stereocenters. The summed E-state index contributed by atoms with van der Waals surface area (Å²) in [6.07, 6.45) is 2.84. The second-order valence-corrected chi connectivity index (χ2v) is 2.85. The standard InChI is InChI=1S/C9H17NO/c1-5-7(3)9(6-2)10-8(4)11/h6-7,9H,2,5H2,1,3-4H3,(H,10,11)/t7?,9-/m1/s1. The molecular weight excluding hydrogens is 138 g/mol. The van der Waals surface area contributed by atoms with Crippen LogP contribution in [-0.4, -0.2) is 11.9 Å². The minimum absolute atomic E-state index is 0.00944. The Hall–Kier alpha value is -0.790. The molecule has 0 aliphatic carbocycles. The topological polar surface area (TPSA) is 29.1 Å². The van der Waals surface area contributed by atoms with Crippen LogP contribution in [0.1, 0.15) is 27.2 Å². The van der Waals surface area contributed by atoms with Crippen molar-refractivity contribution in [1.29, 1.82) is 0 Å². The van der Waals surface area contributed by atoms with Gasteiger partial charge in [-0.05, 0) is 5.92 Å². The van der Waals surface area contributed by atoms with Crippen LogP contribution in [0.4, 0.5) is 0 Å². The van der Waals surface area contributed by atoms with Gasteiger partial charge >= 0.3 is 0 Å². The molecular formula is C9H17NO. The van der Waals surface area contributed by atoms with Crippen molar-refractivity contribution in [1.82, 2.24) is 5.32 Å². The fourth-order valence-electron chi connectivity index (χ4n) is 0.922. The molecule has 0 bridgehead atoms. The maximum absolute atomic E-state index is 10.7. The Morgan fingerprint density at radius 1 is 1.73 bits per heavy atom. The zero-order valence-corrected chi connectivity index (χ0v) is 7.55. The smallest absolute Gasteiger partial charge is 0.217 e. The van der Waals surface area contributed by atoms with Crippen LogP contribution < -0.4 is 5.32 Å². The molecule has 0 aromatic heterocycles. The van der Waals surface area contributed by atoms with Gasteiger partial charge < -0.3 is 5.32 Å². The Labute approximate surface area is 68.7 Å². The lowest BCUT2D eigenvalue weighted by molar-refractivity contribution is -0.119. The van der Waals surface area contributed by atoms with E-state index in [0.717, 1.165) is 6.42 Å². The summed E-state index contributed by atoms with van der Waals surface area (Å²) in [7, 11) is 0. The highest BCUT2D eigenvalue weighted by atomic mass is 16.1. The molecule has 0 spiro atoms. The van der Waals surface area contributed by atoms with Gasteiger partial charge in [-0.1, -0.05) is 26.3 Å². The second-order valence-electron chi connectivity index (χ2n) is 2.85. The maximum atomic E-state index is 10.7. The molecule has 0 aromatic carbocycles. The van der Waals surface area contributed by atoms with Crippen LogP contribution in [-0.2, 0) is 4.79 Å². The quantitative estimate of drug-likeness (QED) is 0.615. The van der Waals surface area contributed by atoms with Gasteiger partial charge in [-0.3, -0.25) is 4.79 Å². The van der Waals surface area contributed by atoms with Crippen molar-refractivity contribution in [3.63, 3.8) is 0 Å². The largest absolute Gasteiger partial charge is 0.350 e. The van der Waals surface area contributed by atoms with Gasteiger partial charge in [0.15, 0.2) is 0 Å². The van der Waals surface area contributed by atoms with Gasteiger partial charge in [0.05, 0.1) is 0 Å². The highest BCUT2D eigenvalue weighted by Crippen LogP contribution is 2.07. The first-order valence-electron chi connectivity index (χ1n) is 4.01. The molecule has 2 nitrogen and oxygen atoms in total. The Morgan fingerprint density at radius 2 is 2.27 bits per heavy atom. The Morgan fingerprint density at radius 3 is 2.55 bits per heavy atom. The molecule has 11 heavy (non-hydrogen) atoms. The Kier molecular flexibility index (Phi) is 4.59. The molecule has 0 heterocycles. The van der Waals surface area contributed by atoms with Crippen LogP contribution in [0.2, 0.25) is 0 Å². The molecule has 0 fully saturated rings. The van der Waals surface area contributed by atoms with Crippen molar-refractivity contribution >= 4 is 5.91 Å². The summed E-state index contributed by atoms with van der Waals surface area (Å²) in [5.74, 6) is 0.478. The average Bonchev–Trinajstić information content (AvgIpc) is 1.98. The predicted octanol–water partition coefficient (Wildman–Crippen LogP) is 1.72. The van der Waals surface area contributed by atoms with Gasteiger partial charge in [-0.25, -0.2) is 0 Å². The summed E-state index contributed by atoms with van der Waals surface area (Å²) in [5.41, 5.74) is 0. The van der Waals surface area contributed by atoms with E-state index in [1.54, 1.807) is 6.08 Å². The molecule has 0 aliphatic heterocycles. The fraction of sp³-hybridized carbons (Fsp3) is 0.667. The van der Waals surface area contributed by atoms with Gasteiger partial charge in [0.1, 0.15) is 0 Å². The first-order valence-corrected chi connectivity index (χ1v) is 4.01. The zero-order chi connectivity index (χ0) is 8.85. The van der Waals surface area contributed by atoms with Crippen molar-refractivity contribution in [3.8, 4) is 0 Å². The molecule has 0 aliphatic rings. The number of rotatable bonds is 4. The molecule has 1 amide bonds. The van der Waals surface area contributed by atoms with Crippen LogP contribution in [0.5, 0.6) is 0 Å². The molecule has 0 saturated carbocycles. The van der Waals surface area contributed by atoms with Crippen LogP contribution in [0, 0.1) is 5.92 Å². The van der Waals surface area contributed by atoms with E-state index in [-0.39, 0.29) is 11.9 Å². The zero-order valence-electron chi connectivity index (χ0n) is 7.55. The van der Waals surface area contributed by atoms with E-state index in [1.165, 1.54) is 6.92 Å². The van der Waals surface area contributed by atoms with Crippen molar-refractivity contribution in [2.75, 3.05) is 0 Å². The van der Waals surface area contributed by atoms with Gasteiger partial charge in [-0.15, -0.1) is 6.58 Å². The van der Waals surface area contributed by atoms with Gasteiger partial charge in [0.2, 0.25) is 5.91 Å². The van der Waals surface area contributed by atoms with Crippen molar-refractivity contribution in [2.24, 2.45) is 5.92 Å². The number of carbonyl (C=O) groups is 1. The van der Waals surface area contributed by atoms with Gasteiger partial charge in [0.25, 0.3) is 0 Å². The van der Waals surface area contributed by atoms with E-state index in [2.05, 4.69) is 25.7 Å². The normalized spacial score (nSPS) is 15.2. The molecule has 2 atom stereocenters. The maximum Gasteiger partial charge on any atom is 0.217 e. The second kappa shape index (κ2) is 4.94. The molecule has 0 aromatic rings. The summed E-state index contributed by atoms with van der Waals surface area (Å²) in [5, 5.41) is 2.82. The van der Waals surface area contributed by atoms with Crippen LogP contribution >= 0.6 is 0 Å². The number of carbonyl (C=O) groups excluding carboxylic acids is 1. The lowest BCUT2D eigenvalue weighted by atomic mass is 9.99. The highest BCUT2D eigenvalue weighted by Gasteiger charge is 2.11. The monoisotopic (exact) mass is 155 g/mol. The molecule has 64 valence electrons. The first kappa shape index (κ1) is 10.2. The van der Waals surface area contributed by atoms with Crippen LogP contribution in [0.15, 0.2) is 12.7 Å². The lowest BCUT2D eigenvalue weighted by Crippen LogP contribution is -2.36. The van der Waals surface area contributed by atoms with Gasteiger partial charge in [0, 0.05) is 13.0 Å². The highest BCUT2D eigenvalue weighted by molar-refractivity contribution is 5.73. The lowest BCUT2D eigenvalue weighted by Gasteiger charge is -2.19. The minimum atomic E-state index is 0.00944. The third kappa shape index (κ3) is 3.81. The van der Waals surface area contributed by atoms with Crippen molar-refractivity contribution < 1.29 is 4.79 Å². The van der Waals surface area contributed by atoms with Crippen LogP contribution in [0.25, 0.3) is 0 Å². The third-order valence-corrected chi connectivity index (χ3v) is 1.88. The number of amides is 1. The van der Waals surface area contributed by atoms with E-state index in [9.17, 15) is 4.79 Å². The van der Waals surface area contributed by atoms with E-state index >= 15 is 0 Å². The van der Waals surface area contributed by atoms with E-state index in [4.69, 9.17) is 0 Å². The van der Waals surface area contributed by atoms with Crippen LogP contribution in [0.3, 0.4) is 0 Å². The van der Waals surface area contributed by atoms with E-state index in [0.29, 0.717) is 5.92 Å². The van der Waals surface area contributed by atoms with E-state index < -0.39 is 0 Å². The summed E-state index contributed by atoms with van der Waals surface area (Å²) >= 11 is 0. The third-order valence-electron chi connectivity index (χ3n) is 1.88.